The van der Waals surface area contributed by atoms with E-state index in [4.69, 9.17) is 12.2 Å². The summed E-state index contributed by atoms with van der Waals surface area (Å²) in [5, 5.41) is 4.38. The largest absolute Gasteiger partial charge is 0.332 e. The first-order chi connectivity index (χ1) is 10.8. The van der Waals surface area contributed by atoms with Gasteiger partial charge < -0.3 is 10.6 Å². The van der Waals surface area contributed by atoms with Gasteiger partial charge in [-0.1, -0.05) is 0 Å². The molecule has 0 saturated carbocycles. The van der Waals surface area contributed by atoms with Crippen LogP contribution in [0.1, 0.15) is 17.3 Å². The molecule has 2 rings (SSSR count). The normalized spacial score (nSPS) is 10.3. The quantitative estimate of drug-likeness (QED) is 0.379. The highest BCUT2D eigenvalue weighted by Gasteiger charge is 2.19. The van der Waals surface area contributed by atoms with Crippen molar-refractivity contribution in [3.63, 3.8) is 0 Å². The highest BCUT2D eigenvalue weighted by Crippen LogP contribution is 2.24. The van der Waals surface area contributed by atoms with Crippen molar-refractivity contribution >= 4 is 34.5 Å². The molecule has 8 heteroatoms. The lowest BCUT2D eigenvalue weighted by Crippen LogP contribution is -2.21. The number of thiocarbonyl (C=S) groups is 1. The first-order valence-corrected chi connectivity index (χ1v) is 6.72. The van der Waals surface area contributed by atoms with E-state index in [-0.39, 0.29) is 17.0 Å². The Morgan fingerprint density at radius 3 is 1.96 bits per heavy atom. The molecule has 2 aromatic carbocycles. The molecule has 0 amide bonds. The van der Waals surface area contributed by atoms with Crippen LogP contribution in [-0.4, -0.2) is 10.9 Å². The first-order valence-electron chi connectivity index (χ1n) is 6.31. The second-order valence-electron chi connectivity index (χ2n) is 4.56. The van der Waals surface area contributed by atoms with Crippen LogP contribution in [0.5, 0.6) is 0 Å². The maximum atomic E-state index is 13.5. The average molecular weight is 342 g/mol. The van der Waals surface area contributed by atoms with Crippen molar-refractivity contribution in [1.29, 1.82) is 0 Å². The zero-order chi connectivity index (χ0) is 17.1. The lowest BCUT2D eigenvalue weighted by molar-refractivity contribution is 0.101. The lowest BCUT2D eigenvalue weighted by atomic mass is 10.1. The van der Waals surface area contributed by atoms with Crippen LogP contribution in [0.3, 0.4) is 0 Å². The fraction of sp³-hybridized carbons (Fsp3) is 0.0667. The second kappa shape index (κ2) is 6.74. The molecule has 120 valence electrons. The van der Waals surface area contributed by atoms with Gasteiger partial charge >= 0.3 is 0 Å². The third-order valence-electron chi connectivity index (χ3n) is 2.90. The molecule has 0 spiro atoms. The van der Waals surface area contributed by atoms with E-state index in [2.05, 4.69) is 10.6 Å². The molecule has 0 unspecified atom stereocenters. The molecule has 23 heavy (non-hydrogen) atoms. The van der Waals surface area contributed by atoms with Gasteiger partial charge in [0, 0.05) is 17.3 Å². The summed E-state index contributed by atoms with van der Waals surface area (Å²) in [4.78, 5) is 11.1. The fourth-order valence-corrected chi connectivity index (χ4v) is 1.97. The van der Waals surface area contributed by atoms with Crippen LogP contribution in [0.2, 0.25) is 0 Å². The molecular formula is C15H10F4N2OS. The molecule has 0 saturated heterocycles. The molecular weight excluding hydrogens is 332 g/mol. The molecule has 0 aliphatic carbocycles. The van der Waals surface area contributed by atoms with Crippen LogP contribution < -0.4 is 10.6 Å². The van der Waals surface area contributed by atoms with E-state index in [1.54, 1.807) is 0 Å². The molecule has 2 aromatic rings. The van der Waals surface area contributed by atoms with Gasteiger partial charge in [0.15, 0.2) is 34.2 Å². The van der Waals surface area contributed by atoms with Gasteiger partial charge in [0.05, 0.1) is 0 Å². The number of carbonyl (C=O) groups excluding carboxylic acids is 1. The molecule has 0 heterocycles. The maximum absolute atomic E-state index is 13.5. The van der Waals surface area contributed by atoms with Crippen molar-refractivity contribution in [2.75, 3.05) is 10.6 Å². The average Bonchev–Trinajstić information content (AvgIpc) is 2.50. The van der Waals surface area contributed by atoms with Crippen LogP contribution in [0.25, 0.3) is 0 Å². The summed E-state index contributed by atoms with van der Waals surface area (Å²) in [5.41, 5.74) is -0.135. The summed E-state index contributed by atoms with van der Waals surface area (Å²) >= 11 is 4.84. The number of halogens is 4. The van der Waals surface area contributed by atoms with Gasteiger partial charge in [0.25, 0.3) is 0 Å². The zero-order valence-electron chi connectivity index (χ0n) is 11.7. The van der Waals surface area contributed by atoms with Crippen molar-refractivity contribution in [3.05, 3.63) is 59.2 Å². The number of nitrogens with one attached hydrogen (secondary N) is 2. The summed E-state index contributed by atoms with van der Waals surface area (Å²) in [6.07, 6.45) is 0. The Hall–Kier alpha value is -2.48. The van der Waals surface area contributed by atoms with Gasteiger partial charge in [0.2, 0.25) is 0 Å². The smallest absolute Gasteiger partial charge is 0.185 e. The fourth-order valence-electron chi connectivity index (χ4n) is 1.75. The number of hydrogen-bond donors (Lipinski definition) is 2. The number of ketones is 1. The summed E-state index contributed by atoms with van der Waals surface area (Å²) in [5.74, 6) is -6.38. The number of rotatable bonds is 3. The summed E-state index contributed by atoms with van der Waals surface area (Å²) in [7, 11) is 0. The number of carbonyl (C=O) groups is 1. The number of Topliss-reactive ketones (excluding diaryl/α,β-unsaturated/α-hetero) is 1. The molecule has 0 aliphatic heterocycles. The predicted octanol–water partition coefficient (Wildman–Crippen LogP) is 4.25. The molecule has 0 bridgehead atoms. The number of benzene rings is 2. The maximum Gasteiger partial charge on any atom is 0.185 e. The lowest BCUT2D eigenvalue weighted by Gasteiger charge is -2.12. The van der Waals surface area contributed by atoms with E-state index in [0.717, 1.165) is 0 Å². The summed E-state index contributed by atoms with van der Waals surface area (Å²) in [6.45, 7) is 1.40. The minimum Gasteiger partial charge on any atom is -0.332 e. The van der Waals surface area contributed by atoms with Crippen LogP contribution in [0, 0.1) is 23.3 Å². The third kappa shape index (κ3) is 3.84. The van der Waals surface area contributed by atoms with E-state index >= 15 is 0 Å². The van der Waals surface area contributed by atoms with Gasteiger partial charge in [-0.05, 0) is 43.4 Å². The summed E-state index contributed by atoms with van der Waals surface area (Å²) in [6, 6.07) is 6.19. The Balaban J connectivity index is 2.15. The molecule has 0 radical (unpaired) electrons. The number of hydrogen-bond acceptors (Lipinski definition) is 2. The predicted molar refractivity (Wildman–Crippen MR) is 82.6 cm³/mol. The van der Waals surface area contributed by atoms with Crippen LogP contribution in [-0.2, 0) is 0 Å². The van der Waals surface area contributed by atoms with E-state index in [1.807, 2.05) is 0 Å². The molecule has 0 atom stereocenters. The van der Waals surface area contributed by atoms with Gasteiger partial charge in [-0.25, -0.2) is 17.6 Å². The van der Waals surface area contributed by atoms with E-state index in [1.165, 1.54) is 31.2 Å². The SMILES string of the molecule is CC(=O)c1ccc(NC(=S)Nc2c(F)c(F)cc(F)c2F)cc1. The second-order valence-corrected chi connectivity index (χ2v) is 4.96. The monoisotopic (exact) mass is 342 g/mol. The van der Waals surface area contributed by atoms with Gasteiger partial charge in [-0.15, -0.1) is 0 Å². The molecule has 3 nitrogen and oxygen atoms in total. The van der Waals surface area contributed by atoms with Gasteiger partial charge in [-0.2, -0.15) is 0 Å². The van der Waals surface area contributed by atoms with Crippen molar-refractivity contribution in [1.82, 2.24) is 0 Å². The van der Waals surface area contributed by atoms with Crippen LogP contribution >= 0.6 is 12.2 Å². The van der Waals surface area contributed by atoms with Crippen molar-refractivity contribution in [2.45, 2.75) is 6.92 Å². The highest BCUT2D eigenvalue weighted by atomic mass is 32.1. The minimum atomic E-state index is -1.58. The van der Waals surface area contributed by atoms with E-state index in [9.17, 15) is 22.4 Å². The topological polar surface area (TPSA) is 41.1 Å². The Kier molecular flexibility index (Phi) is 4.95. The van der Waals surface area contributed by atoms with E-state index in [0.29, 0.717) is 11.3 Å². The minimum absolute atomic E-state index is 0.104. The molecule has 0 aromatic heterocycles. The van der Waals surface area contributed by atoms with Crippen molar-refractivity contribution in [3.8, 4) is 0 Å². The van der Waals surface area contributed by atoms with Crippen LogP contribution in [0.4, 0.5) is 28.9 Å². The third-order valence-corrected chi connectivity index (χ3v) is 3.10. The first kappa shape index (κ1) is 16.9. The highest BCUT2D eigenvalue weighted by molar-refractivity contribution is 7.80. The van der Waals surface area contributed by atoms with Crippen molar-refractivity contribution in [2.24, 2.45) is 0 Å². The van der Waals surface area contributed by atoms with Crippen molar-refractivity contribution < 1.29 is 22.4 Å². The zero-order valence-corrected chi connectivity index (χ0v) is 12.5. The van der Waals surface area contributed by atoms with Gasteiger partial charge in [-0.3, -0.25) is 4.79 Å². The Bertz CT molecular complexity index is 752. The summed E-state index contributed by atoms with van der Waals surface area (Å²) < 4.78 is 53.2. The standard InChI is InChI=1S/C15H10F4N2OS/c1-7(22)8-2-4-9(5-3-8)20-15(23)21-14-12(18)10(16)6-11(17)13(14)19/h2-6H,1H3,(H2,20,21,23). The Labute approximate surface area is 134 Å². The molecule has 2 N–H and O–H groups in total. The van der Waals surface area contributed by atoms with E-state index < -0.39 is 29.0 Å². The number of anilines is 2. The molecule has 0 fully saturated rings. The Morgan fingerprint density at radius 2 is 1.48 bits per heavy atom. The van der Waals surface area contributed by atoms with Gasteiger partial charge in [0.1, 0.15) is 5.69 Å². The van der Waals surface area contributed by atoms with Crippen LogP contribution in [0.15, 0.2) is 30.3 Å². The molecule has 0 aliphatic rings. The Morgan fingerprint density at radius 1 is 0.957 bits per heavy atom.